The molecule has 0 spiro atoms. The van der Waals surface area contributed by atoms with Gasteiger partial charge in [-0.05, 0) is 69.4 Å². The molecule has 2 aliphatic heterocycles. The second-order valence-electron chi connectivity index (χ2n) is 9.10. The number of rotatable bonds is 8. The van der Waals surface area contributed by atoms with Crippen LogP contribution in [-0.4, -0.2) is 44.8 Å². The van der Waals surface area contributed by atoms with Crippen molar-refractivity contribution < 1.29 is 4.74 Å². The lowest BCUT2D eigenvalue weighted by atomic mass is 9.86. The Kier molecular flexibility index (Phi) is 6.60. The summed E-state index contributed by atoms with van der Waals surface area (Å²) in [6, 6.07) is 9.61. The Morgan fingerprint density at radius 3 is 2.52 bits per heavy atom. The molecule has 0 radical (unpaired) electrons. The minimum atomic E-state index is -0.432. The zero-order valence-electron chi connectivity index (χ0n) is 18.9. The van der Waals surface area contributed by atoms with E-state index >= 15 is 0 Å². The van der Waals surface area contributed by atoms with Crippen LogP contribution in [0.4, 0.5) is 0 Å². The summed E-state index contributed by atoms with van der Waals surface area (Å²) >= 11 is 0. The van der Waals surface area contributed by atoms with Crippen molar-refractivity contribution in [2.45, 2.75) is 70.5 Å². The molecule has 3 heterocycles. The van der Waals surface area contributed by atoms with E-state index in [1.807, 2.05) is 12.1 Å². The van der Waals surface area contributed by atoms with E-state index in [9.17, 15) is 9.59 Å². The minimum absolute atomic E-state index is 0.268. The van der Waals surface area contributed by atoms with Crippen LogP contribution in [0.1, 0.15) is 49.9 Å². The molecule has 168 valence electrons. The Hall–Kier alpha value is -2.41. The van der Waals surface area contributed by atoms with Crippen molar-refractivity contribution in [2.75, 3.05) is 13.7 Å². The summed E-state index contributed by atoms with van der Waals surface area (Å²) in [5, 5.41) is 0. The van der Waals surface area contributed by atoms with Crippen LogP contribution in [0.5, 0.6) is 5.75 Å². The van der Waals surface area contributed by atoms with Crippen LogP contribution in [0.2, 0.25) is 0 Å². The maximum Gasteiger partial charge on any atom is 0.353 e. The van der Waals surface area contributed by atoms with Crippen molar-refractivity contribution >= 4 is 0 Å². The zero-order valence-corrected chi connectivity index (χ0v) is 18.9. The molecule has 4 rings (SSSR count). The number of benzene rings is 1. The predicted molar refractivity (Wildman–Crippen MR) is 121 cm³/mol. The topological polar surface area (TPSA) is 69.4 Å². The first-order chi connectivity index (χ1) is 15.0. The molecule has 0 aliphatic carbocycles. The van der Waals surface area contributed by atoms with Crippen LogP contribution in [0.15, 0.2) is 33.9 Å². The Balaban J connectivity index is 1.31. The van der Waals surface area contributed by atoms with Gasteiger partial charge in [-0.1, -0.05) is 18.2 Å². The Labute approximate surface area is 183 Å². The van der Waals surface area contributed by atoms with Gasteiger partial charge in [0.15, 0.2) is 0 Å². The highest BCUT2D eigenvalue weighted by atomic mass is 16.5. The van der Waals surface area contributed by atoms with E-state index in [0.717, 1.165) is 31.1 Å². The van der Waals surface area contributed by atoms with Gasteiger partial charge in [0.2, 0.25) is 0 Å². The van der Waals surface area contributed by atoms with E-state index in [-0.39, 0.29) is 5.69 Å². The highest BCUT2D eigenvalue weighted by Crippen LogP contribution is 2.40. The van der Waals surface area contributed by atoms with Gasteiger partial charge in [-0.2, -0.15) is 4.98 Å². The van der Waals surface area contributed by atoms with Crippen LogP contribution in [0, 0.1) is 12.8 Å². The molecule has 0 amide bonds. The zero-order chi connectivity index (χ0) is 22.0. The van der Waals surface area contributed by atoms with Gasteiger partial charge in [0.05, 0.1) is 7.11 Å². The Morgan fingerprint density at radius 1 is 1.10 bits per heavy atom. The van der Waals surface area contributed by atoms with Crippen molar-refractivity contribution in [3.05, 3.63) is 56.6 Å². The number of hydrogen-bond acceptors (Lipinski definition) is 5. The van der Waals surface area contributed by atoms with Crippen LogP contribution < -0.4 is 16.1 Å². The SMILES string of the molecule is COc1ccccc1CCC1CC2CCC(C1)N2CCCn1c(=O)nc(C)n(C)c1=O. The van der Waals surface area contributed by atoms with Gasteiger partial charge in [0.25, 0.3) is 0 Å². The smallest absolute Gasteiger partial charge is 0.353 e. The molecule has 0 N–H and O–H groups in total. The predicted octanol–water partition coefficient (Wildman–Crippen LogP) is 2.52. The lowest BCUT2D eigenvalue weighted by Crippen LogP contribution is -2.45. The summed E-state index contributed by atoms with van der Waals surface area (Å²) in [5.41, 5.74) is 0.604. The summed E-state index contributed by atoms with van der Waals surface area (Å²) < 4.78 is 8.22. The average molecular weight is 427 g/mol. The number of fused-ring (bicyclic) bond motifs is 2. The fraction of sp³-hybridized carbons (Fsp3) is 0.625. The molecule has 31 heavy (non-hydrogen) atoms. The molecule has 1 aromatic carbocycles. The number of para-hydroxylation sites is 1. The van der Waals surface area contributed by atoms with Gasteiger partial charge in [0.1, 0.15) is 11.6 Å². The summed E-state index contributed by atoms with van der Waals surface area (Å²) in [5.74, 6) is 2.21. The van der Waals surface area contributed by atoms with E-state index in [1.54, 1.807) is 21.1 Å². The van der Waals surface area contributed by atoms with E-state index < -0.39 is 5.69 Å². The molecule has 2 aromatic rings. The van der Waals surface area contributed by atoms with Gasteiger partial charge in [0, 0.05) is 32.2 Å². The van der Waals surface area contributed by atoms with E-state index in [0.29, 0.717) is 24.5 Å². The molecule has 2 fully saturated rings. The summed E-state index contributed by atoms with van der Waals surface area (Å²) in [7, 11) is 3.41. The van der Waals surface area contributed by atoms with Crippen molar-refractivity contribution in [2.24, 2.45) is 13.0 Å². The molecule has 2 atom stereocenters. The molecular formula is C24H34N4O3. The van der Waals surface area contributed by atoms with Crippen LogP contribution in [0.3, 0.4) is 0 Å². The van der Waals surface area contributed by atoms with Crippen LogP contribution >= 0.6 is 0 Å². The molecule has 2 aliphatic rings. The van der Waals surface area contributed by atoms with Gasteiger partial charge >= 0.3 is 11.4 Å². The fourth-order valence-corrected chi connectivity index (χ4v) is 5.53. The van der Waals surface area contributed by atoms with Gasteiger partial charge in [-0.3, -0.25) is 9.47 Å². The molecule has 0 saturated carbocycles. The molecule has 2 saturated heterocycles. The largest absolute Gasteiger partial charge is 0.496 e. The maximum absolute atomic E-state index is 12.4. The lowest BCUT2D eigenvalue weighted by molar-refractivity contribution is 0.0973. The van der Waals surface area contributed by atoms with Crippen molar-refractivity contribution in [3.8, 4) is 5.75 Å². The number of piperidine rings is 1. The molecule has 7 nitrogen and oxygen atoms in total. The van der Waals surface area contributed by atoms with Crippen molar-refractivity contribution in [1.82, 2.24) is 19.0 Å². The Bertz CT molecular complexity index is 1010. The van der Waals surface area contributed by atoms with E-state index in [4.69, 9.17) is 4.74 Å². The fourth-order valence-electron chi connectivity index (χ4n) is 5.53. The van der Waals surface area contributed by atoms with Crippen molar-refractivity contribution in [1.29, 1.82) is 0 Å². The number of aromatic nitrogens is 3. The third kappa shape index (κ3) is 4.61. The monoisotopic (exact) mass is 426 g/mol. The third-order valence-corrected chi connectivity index (χ3v) is 7.29. The third-order valence-electron chi connectivity index (χ3n) is 7.29. The molecule has 2 bridgehead atoms. The van der Waals surface area contributed by atoms with E-state index in [1.165, 1.54) is 46.8 Å². The van der Waals surface area contributed by atoms with Crippen LogP contribution in [0.25, 0.3) is 0 Å². The first kappa shape index (κ1) is 21.8. The van der Waals surface area contributed by atoms with Crippen LogP contribution in [-0.2, 0) is 20.0 Å². The average Bonchev–Trinajstić information content (AvgIpc) is 3.00. The highest BCUT2D eigenvalue weighted by Gasteiger charge is 2.39. The maximum atomic E-state index is 12.4. The van der Waals surface area contributed by atoms with Crippen molar-refractivity contribution in [3.63, 3.8) is 0 Å². The first-order valence-corrected chi connectivity index (χ1v) is 11.5. The number of methoxy groups -OCH3 is 1. The van der Waals surface area contributed by atoms with Gasteiger partial charge in [-0.15, -0.1) is 0 Å². The van der Waals surface area contributed by atoms with E-state index in [2.05, 4.69) is 22.0 Å². The quantitative estimate of drug-likeness (QED) is 0.649. The van der Waals surface area contributed by atoms with Gasteiger partial charge in [-0.25, -0.2) is 14.2 Å². The number of nitrogens with zero attached hydrogens (tertiary/aromatic N) is 4. The lowest BCUT2D eigenvalue weighted by Gasteiger charge is -2.39. The minimum Gasteiger partial charge on any atom is -0.496 e. The summed E-state index contributed by atoms with van der Waals surface area (Å²) in [6.45, 7) is 3.06. The summed E-state index contributed by atoms with van der Waals surface area (Å²) in [6.07, 6.45) is 8.12. The number of hydrogen-bond donors (Lipinski definition) is 0. The molecule has 2 unspecified atom stereocenters. The molecule has 1 aromatic heterocycles. The van der Waals surface area contributed by atoms with Gasteiger partial charge < -0.3 is 4.74 Å². The number of aryl methyl sites for hydroxylation is 2. The molecule has 7 heteroatoms. The summed E-state index contributed by atoms with van der Waals surface area (Å²) in [4.78, 5) is 31.1. The highest BCUT2D eigenvalue weighted by molar-refractivity contribution is 5.33. The number of ether oxygens (including phenoxy) is 1. The molecular weight excluding hydrogens is 392 g/mol. The second-order valence-corrected chi connectivity index (χ2v) is 9.10. The second kappa shape index (κ2) is 9.39. The Morgan fingerprint density at radius 2 is 1.81 bits per heavy atom. The normalized spacial score (nSPS) is 23.3. The first-order valence-electron chi connectivity index (χ1n) is 11.5. The standard InChI is InChI=1S/C24H34N4O3/c1-17-25-23(29)28(24(30)26(17)2)14-6-13-27-20-11-12-21(27)16-18(15-20)9-10-19-7-4-5-8-22(19)31-3/h4-5,7-8,18,20-21H,6,9-16H2,1-3H3.